The molecule has 0 aromatic carbocycles. The summed E-state index contributed by atoms with van der Waals surface area (Å²) in [5, 5.41) is 3.12. The Hall–Kier alpha value is -2.74. The van der Waals surface area contributed by atoms with Crippen LogP contribution in [0.5, 0.6) is 0 Å². The third kappa shape index (κ3) is 3.08. The Morgan fingerprint density at radius 3 is 2.88 bits per heavy atom. The molecule has 8 heteroatoms. The summed E-state index contributed by atoms with van der Waals surface area (Å²) < 4.78 is 7.26. The Kier molecular flexibility index (Phi) is 4.20. The first kappa shape index (κ1) is 16.7. The van der Waals surface area contributed by atoms with Crippen molar-refractivity contribution in [2.75, 3.05) is 7.11 Å². The summed E-state index contributed by atoms with van der Waals surface area (Å²) in [5.41, 5.74) is 1.61. The van der Waals surface area contributed by atoms with Crippen LogP contribution in [-0.4, -0.2) is 49.2 Å². The molecule has 26 heavy (non-hydrogen) atoms. The average Bonchev–Trinajstić information content (AvgIpc) is 3.34. The van der Waals surface area contributed by atoms with Gasteiger partial charge in [-0.3, -0.25) is 9.36 Å². The van der Waals surface area contributed by atoms with E-state index in [9.17, 15) is 4.79 Å². The highest BCUT2D eigenvalue weighted by molar-refractivity contribution is 6.03. The fourth-order valence-corrected chi connectivity index (χ4v) is 3.42. The van der Waals surface area contributed by atoms with Crippen molar-refractivity contribution in [3.8, 4) is 5.95 Å². The zero-order valence-electron chi connectivity index (χ0n) is 14.9. The summed E-state index contributed by atoms with van der Waals surface area (Å²) in [5.74, 6) is 0.239. The molecule has 1 fully saturated rings. The zero-order valence-corrected chi connectivity index (χ0v) is 14.9. The lowest BCUT2D eigenvalue weighted by atomic mass is 9.83. The van der Waals surface area contributed by atoms with E-state index in [1.54, 1.807) is 36.6 Å². The van der Waals surface area contributed by atoms with Crippen LogP contribution in [0.25, 0.3) is 17.0 Å². The van der Waals surface area contributed by atoms with Crippen molar-refractivity contribution < 1.29 is 9.53 Å². The van der Waals surface area contributed by atoms with Gasteiger partial charge in [0.1, 0.15) is 6.33 Å². The van der Waals surface area contributed by atoms with Gasteiger partial charge in [-0.25, -0.2) is 15.0 Å². The van der Waals surface area contributed by atoms with Crippen molar-refractivity contribution >= 4 is 16.9 Å². The Morgan fingerprint density at radius 2 is 2.19 bits per heavy atom. The number of ether oxygens (including phenoxy) is 1. The number of aromatic amines is 1. The van der Waals surface area contributed by atoms with Gasteiger partial charge in [0.25, 0.3) is 5.91 Å². The molecule has 3 heterocycles. The second kappa shape index (κ2) is 6.53. The van der Waals surface area contributed by atoms with Crippen molar-refractivity contribution in [3.05, 3.63) is 36.7 Å². The van der Waals surface area contributed by atoms with Crippen molar-refractivity contribution in [2.24, 2.45) is 0 Å². The van der Waals surface area contributed by atoms with Gasteiger partial charge in [0.2, 0.25) is 5.95 Å². The minimum Gasteiger partial charge on any atom is -0.379 e. The topological polar surface area (TPSA) is 97.7 Å². The maximum atomic E-state index is 12.9. The number of rotatable bonds is 4. The fourth-order valence-electron chi connectivity index (χ4n) is 3.42. The van der Waals surface area contributed by atoms with E-state index in [1.807, 2.05) is 6.07 Å². The molecule has 0 atom stereocenters. The monoisotopic (exact) mass is 354 g/mol. The molecule has 1 amide bonds. The fraction of sp³-hybridized carbons (Fsp3) is 0.444. The number of imidazole rings is 1. The largest absolute Gasteiger partial charge is 0.379 e. The molecule has 0 saturated heterocycles. The van der Waals surface area contributed by atoms with Crippen molar-refractivity contribution in [1.29, 1.82) is 0 Å². The molecular weight excluding hydrogens is 332 g/mol. The van der Waals surface area contributed by atoms with Crippen LogP contribution in [0.2, 0.25) is 0 Å². The number of carbonyl (C=O) groups is 1. The van der Waals surface area contributed by atoms with Crippen LogP contribution in [0.4, 0.5) is 0 Å². The van der Waals surface area contributed by atoms with E-state index in [2.05, 4.69) is 32.2 Å². The number of methoxy groups -OCH3 is 1. The predicted molar refractivity (Wildman–Crippen MR) is 96.1 cm³/mol. The molecule has 0 spiro atoms. The quantitative estimate of drug-likeness (QED) is 0.749. The van der Waals surface area contributed by atoms with Crippen LogP contribution in [-0.2, 0) is 4.74 Å². The maximum absolute atomic E-state index is 12.9. The summed E-state index contributed by atoms with van der Waals surface area (Å²) in [6.07, 6.45) is 10.4. The Labute approximate surface area is 151 Å². The third-order valence-electron chi connectivity index (χ3n) is 5.22. The Bertz CT molecular complexity index is 909. The molecule has 8 nitrogen and oxygen atoms in total. The molecule has 3 aromatic rings. The Balaban J connectivity index is 1.58. The van der Waals surface area contributed by atoms with Gasteiger partial charge in [0.05, 0.1) is 16.6 Å². The summed E-state index contributed by atoms with van der Waals surface area (Å²) in [6.45, 7) is 2.12. The summed E-state index contributed by atoms with van der Waals surface area (Å²) in [4.78, 5) is 28.9. The maximum Gasteiger partial charge on any atom is 0.272 e. The Morgan fingerprint density at radius 1 is 1.38 bits per heavy atom. The van der Waals surface area contributed by atoms with Crippen molar-refractivity contribution in [2.45, 2.75) is 44.2 Å². The lowest BCUT2D eigenvalue weighted by Gasteiger charge is -2.36. The van der Waals surface area contributed by atoms with E-state index in [1.165, 1.54) is 0 Å². The first-order valence-corrected chi connectivity index (χ1v) is 8.77. The molecule has 3 aromatic heterocycles. The highest BCUT2D eigenvalue weighted by Gasteiger charge is 2.32. The normalized spacial score (nSPS) is 23.2. The van der Waals surface area contributed by atoms with Gasteiger partial charge in [0, 0.05) is 31.7 Å². The smallest absolute Gasteiger partial charge is 0.272 e. The van der Waals surface area contributed by atoms with E-state index in [-0.39, 0.29) is 17.6 Å². The van der Waals surface area contributed by atoms with Crippen LogP contribution in [0.15, 0.2) is 31.0 Å². The van der Waals surface area contributed by atoms with E-state index in [0.717, 1.165) is 25.7 Å². The first-order valence-electron chi connectivity index (χ1n) is 8.77. The van der Waals surface area contributed by atoms with Crippen LogP contribution >= 0.6 is 0 Å². The minimum atomic E-state index is -0.188. The summed E-state index contributed by atoms with van der Waals surface area (Å²) in [7, 11) is 1.75. The van der Waals surface area contributed by atoms with E-state index >= 15 is 0 Å². The number of aromatic nitrogens is 5. The van der Waals surface area contributed by atoms with E-state index in [4.69, 9.17) is 4.74 Å². The molecular formula is C18H22N6O2. The van der Waals surface area contributed by atoms with Crippen LogP contribution in [0.1, 0.15) is 43.1 Å². The van der Waals surface area contributed by atoms with Crippen LogP contribution in [0, 0.1) is 0 Å². The number of nitrogens with one attached hydrogen (secondary N) is 2. The molecule has 0 unspecified atom stereocenters. The first-order chi connectivity index (χ1) is 12.6. The molecule has 1 aliphatic rings. The van der Waals surface area contributed by atoms with Crippen LogP contribution < -0.4 is 5.32 Å². The summed E-state index contributed by atoms with van der Waals surface area (Å²) in [6, 6.07) is 1.96. The summed E-state index contributed by atoms with van der Waals surface area (Å²) >= 11 is 0. The minimum absolute atomic E-state index is 0.0859. The molecule has 2 N–H and O–H groups in total. The predicted octanol–water partition coefficient (Wildman–Crippen LogP) is 2.22. The highest BCUT2D eigenvalue weighted by Crippen LogP contribution is 2.30. The molecule has 1 aliphatic carbocycles. The number of hydrogen-bond donors (Lipinski definition) is 2. The van der Waals surface area contributed by atoms with E-state index in [0.29, 0.717) is 22.7 Å². The second-order valence-corrected chi connectivity index (χ2v) is 6.98. The van der Waals surface area contributed by atoms with Gasteiger partial charge in [-0.1, -0.05) is 0 Å². The van der Waals surface area contributed by atoms with Gasteiger partial charge in [-0.2, -0.15) is 0 Å². The number of carbonyl (C=O) groups excluding carboxylic acids is 1. The van der Waals surface area contributed by atoms with Gasteiger partial charge in [-0.05, 0) is 38.7 Å². The molecule has 4 rings (SSSR count). The lowest BCUT2D eigenvalue weighted by Crippen LogP contribution is -2.43. The number of fused-ring (bicyclic) bond motifs is 1. The lowest BCUT2D eigenvalue weighted by molar-refractivity contribution is -0.0287. The van der Waals surface area contributed by atoms with Crippen LogP contribution in [0.3, 0.4) is 0 Å². The average molecular weight is 354 g/mol. The molecule has 0 aliphatic heterocycles. The third-order valence-corrected chi connectivity index (χ3v) is 5.22. The number of nitrogens with zero attached hydrogens (tertiary/aromatic N) is 4. The van der Waals surface area contributed by atoms with E-state index < -0.39 is 0 Å². The molecule has 1 saturated carbocycles. The van der Waals surface area contributed by atoms with Gasteiger partial charge in [0.15, 0.2) is 5.69 Å². The number of amides is 1. The van der Waals surface area contributed by atoms with Crippen molar-refractivity contribution in [1.82, 2.24) is 29.8 Å². The van der Waals surface area contributed by atoms with Gasteiger partial charge < -0.3 is 15.0 Å². The number of H-pyrrole nitrogens is 1. The van der Waals surface area contributed by atoms with Gasteiger partial charge >= 0.3 is 0 Å². The standard InChI is InChI=1S/C18H22N6O2/c1-18(26-2)6-3-12(4-7-18)21-16(25)15-14-13(5-8-20-14)22-17(23-15)24-10-9-19-11-24/h5,8-12,20H,3-4,6-7H2,1-2H3,(H,21,25)/t12-,18-. The molecule has 136 valence electrons. The van der Waals surface area contributed by atoms with Crippen molar-refractivity contribution in [3.63, 3.8) is 0 Å². The SMILES string of the molecule is CO[C@]1(C)CC[C@@H](NC(=O)c2nc(-n3ccnc3)nc3cc[nH]c23)CC1. The molecule has 0 bridgehead atoms. The van der Waals surface area contributed by atoms with Gasteiger partial charge in [-0.15, -0.1) is 0 Å². The molecule has 0 radical (unpaired) electrons. The zero-order chi connectivity index (χ0) is 18.1. The highest BCUT2D eigenvalue weighted by atomic mass is 16.5. The second-order valence-electron chi connectivity index (χ2n) is 6.98. The number of hydrogen-bond acceptors (Lipinski definition) is 5.